The molecule has 4 rings (SSSR count). The molecule has 7 nitrogen and oxygen atoms in total. The molecule has 0 spiro atoms. The lowest BCUT2D eigenvalue weighted by molar-refractivity contribution is 0.0599. The van der Waals surface area contributed by atoms with Crippen LogP contribution in [0.3, 0.4) is 0 Å². The van der Waals surface area contributed by atoms with Crippen LogP contribution in [0.4, 0.5) is 0 Å². The molecule has 2 heterocycles. The van der Waals surface area contributed by atoms with Gasteiger partial charge in [-0.25, -0.2) is 4.79 Å². The normalized spacial score (nSPS) is 15.5. The fourth-order valence-corrected chi connectivity index (χ4v) is 4.11. The lowest BCUT2D eigenvalue weighted by Gasteiger charge is -2.26. The summed E-state index contributed by atoms with van der Waals surface area (Å²) in [6, 6.07) is 9.33. The van der Waals surface area contributed by atoms with Crippen LogP contribution < -0.4 is 5.43 Å². The van der Waals surface area contributed by atoms with Gasteiger partial charge in [0.1, 0.15) is 5.58 Å². The number of nitrogens with zero attached hydrogens (tertiary/aromatic N) is 2. The SMILES string of the molecule is COC(=O)c1ccc(C2c3c(oc4cc(C)c(Cl)cc4c3=O)C(=O)N2CCN(C)C)cc1. The molecule has 3 aromatic rings. The van der Waals surface area contributed by atoms with Gasteiger partial charge >= 0.3 is 5.97 Å². The highest BCUT2D eigenvalue weighted by molar-refractivity contribution is 6.32. The number of aryl methyl sites for hydroxylation is 1. The van der Waals surface area contributed by atoms with E-state index in [1.165, 1.54) is 7.11 Å². The molecule has 1 aromatic heterocycles. The van der Waals surface area contributed by atoms with E-state index in [2.05, 4.69) is 0 Å². The Balaban J connectivity index is 1.91. The first kappa shape index (κ1) is 22.0. The highest BCUT2D eigenvalue weighted by Crippen LogP contribution is 2.38. The summed E-state index contributed by atoms with van der Waals surface area (Å²) in [7, 11) is 5.14. The van der Waals surface area contributed by atoms with Gasteiger partial charge < -0.3 is 19.0 Å². The van der Waals surface area contributed by atoms with E-state index in [0.717, 1.165) is 5.56 Å². The molecule has 1 amide bonds. The minimum absolute atomic E-state index is 0.0463. The number of methoxy groups -OCH3 is 1. The van der Waals surface area contributed by atoms with Crippen molar-refractivity contribution in [1.29, 1.82) is 0 Å². The van der Waals surface area contributed by atoms with Crippen molar-refractivity contribution in [3.63, 3.8) is 0 Å². The van der Waals surface area contributed by atoms with Gasteiger partial charge in [0.25, 0.3) is 5.91 Å². The molecular formula is C24H23ClN2O5. The van der Waals surface area contributed by atoms with Gasteiger partial charge in [0.05, 0.1) is 29.7 Å². The van der Waals surface area contributed by atoms with Gasteiger partial charge in [0.2, 0.25) is 5.76 Å². The molecular weight excluding hydrogens is 432 g/mol. The summed E-state index contributed by atoms with van der Waals surface area (Å²) >= 11 is 6.26. The second-order valence-corrected chi connectivity index (χ2v) is 8.50. The molecule has 0 radical (unpaired) electrons. The standard InChI is InChI=1S/C24H23ClN2O5/c1-13-11-18-16(12-17(13)25)21(28)19-20(14-5-7-15(8-6-14)24(30)31-4)27(10-9-26(2)3)23(29)22(19)32-18/h5-8,11-12,20H,9-10H2,1-4H3. The van der Waals surface area contributed by atoms with Gasteiger partial charge in [-0.3, -0.25) is 9.59 Å². The van der Waals surface area contributed by atoms with Crippen molar-refractivity contribution in [2.75, 3.05) is 34.3 Å². The highest BCUT2D eigenvalue weighted by Gasteiger charge is 2.42. The lowest BCUT2D eigenvalue weighted by atomic mass is 9.97. The molecule has 0 N–H and O–H groups in total. The number of hydrogen-bond donors (Lipinski definition) is 0. The molecule has 32 heavy (non-hydrogen) atoms. The maximum absolute atomic E-state index is 13.5. The van der Waals surface area contributed by atoms with Gasteiger partial charge in [0, 0.05) is 18.1 Å². The number of rotatable bonds is 5. The van der Waals surface area contributed by atoms with Crippen molar-refractivity contribution in [2.45, 2.75) is 13.0 Å². The molecule has 0 aliphatic carbocycles. The minimum atomic E-state index is -0.634. The van der Waals surface area contributed by atoms with E-state index in [0.29, 0.717) is 40.2 Å². The lowest BCUT2D eigenvalue weighted by Crippen LogP contribution is -2.35. The summed E-state index contributed by atoms with van der Waals surface area (Å²) < 4.78 is 10.7. The van der Waals surface area contributed by atoms with Crippen LogP contribution in [0.15, 0.2) is 45.6 Å². The summed E-state index contributed by atoms with van der Waals surface area (Å²) in [6.07, 6.45) is 0. The van der Waals surface area contributed by atoms with Gasteiger partial charge in [-0.2, -0.15) is 0 Å². The number of esters is 1. The monoisotopic (exact) mass is 454 g/mol. The Kier molecular flexibility index (Phi) is 5.79. The molecule has 1 aliphatic heterocycles. The van der Waals surface area contributed by atoms with Crippen molar-refractivity contribution in [3.05, 3.63) is 79.7 Å². The second-order valence-electron chi connectivity index (χ2n) is 8.09. The zero-order chi connectivity index (χ0) is 23.2. The van der Waals surface area contributed by atoms with Gasteiger partial charge in [-0.05, 0) is 56.4 Å². The minimum Gasteiger partial charge on any atom is -0.465 e. The molecule has 1 unspecified atom stereocenters. The van der Waals surface area contributed by atoms with E-state index in [-0.39, 0.29) is 22.7 Å². The Morgan fingerprint density at radius 3 is 2.50 bits per heavy atom. The third-order valence-corrected chi connectivity index (χ3v) is 6.09. The Bertz CT molecular complexity index is 1280. The molecule has 0 saturated heterocycles. The van der Waals surface area contributed by atoms with Crippen molar-refractivity contribution in [2.24, 2.45) is 0 Å². The number of hydrogen-bond acceptors (Lipinski definition) is 6. The first-order valence-electron chi connectivity index (χ1n) is 10.1. The first-order chi connectivity index (χ1) is 15.2. The number of carbonyl (C=O) groups excluding carboxylic acids is 2. The maximum atomic E-state index is 13.5. The zero-order valence-corrected chi connectivity index (χ0v) is 19.0. The van der Waals surface area contributed by atoms with E-state index in [9.17, 15) is 14.4 Å². The van der Waals surface area contributed by atoms with E-state index >= 15 is 0 Å². The van der Waals surface area contributed by atoms with Crippen molar-refractivity contribution >= 4 is 34.4 Å². The predicted molar refractivity (Wildman–Crippen MR) is 121 cm³/mol. The van der Waals surface area contributed by atoms with Gasteiger partial charge in [-0.1, -0.05) is 23.7 Å². The van der Waals surface area contributed by atoms with Crippen LogP contribution in [0.5, 0.6) is 0 Å². The average Bonchev–Trinajstić information content (AvgIpc) is 3.05. The highest BCUT2D eigenvalue weighted by atomic mass is 35.5. The molecule has 2 aromatic carbocycles. The second kappa shape index (κ2) is 8.41. The molecule has 1 atom stereocenters. The van der Waals surface area contributed by atoms with Crippen LogP contribution in [-0.4, -0.2) is 56.0 Å². The van der Waals surface area contributed by atoms with Crippen LogP contribution in [0.1, 0.15) is 43.6 Å². The largest absolute Gasteiger partial charge is 0.465 e. The number of amides is 1. The topological polar surface area (TPSA) is 80.1 Å². The van der Waals surface area contributed by atoms with Gasteiger partial charge in [0.15, 0.2) is 5.43 Å². The maximum Gasteiger partial charge on any atom is 0.337 e. The smallest absolute Gasteiger partial charge is 0.337 e. The molecule has 8 heteroatoms. The van der Waals surface area contributed by atoms with Crippen LogP contribution in [0.2, 0.25) is 5.02 Å². The summed E-state index contributed by atoms with van der Waals surface area (Å²) in [5.41, 5.74) is 2.17. The van der Waals surface area contributed by atoms with Crippen molar-refractivity contribution < 1.29 is 18.7 Å². The van der Waals surface area contributed by atoms with E-state index in [1.807, 2.05) is 25.9 Å². The summed E-state index contributed by atoms with van der Waals surface area (Å²) in [5.74, 6) is -0.750. The number of benzene rings is 2. The van der Waals surface area contributed by atoms with Crippen LogP contribution >= 0.6 is 11.6 Å². The van der Waals surface area contributed by atoms with E-state index in [4.69, 9.17) is 20.8 Å². The number of ether oxygens (including phenoxy) is 1. The summed E-state index contributed by atoms with van der Waals surface area (Å²) in [6.45, 7) is 2.82. The Morgan fingerprint density at radius 2 is 1.88 bits per heavy atom. The quantitative estimate of drug-likeness (QED) is 0.547. The van der Waals surface area contributed by atoms with Crippen molar-refractivity contribution in [1.82, 2.24) is 9.80 Å². The van der Waals surface area contributed by atoms with Crippen molar-refractivity contribution in [3.8, 4) is 0 Å². The predicted octanol–water partition coefficient (Wildman–Crippen LogP) is 3.65. The van der Waals surface area contributed by atoms with Crippen LogP contribution in [-0.2, 0) is 4.74 Å². The van der Waals surface area contributed by atoms with Crippen LogP contribution in [0, 0.1) is 6.92 Å². The third-order valence-electron chi connectivity index (χ3n) is 5.68. The molecule has 166 valence electrons. The molecule has 0 saturated carbocycles. The molecule has 1 aliphatic rings. The third kappa shape index (κ3) is 3.67. The fraction of sp³-hybridized carbons (Fsp3) is 0.292. The Morgan fingerprint density at radius 1 is 1.19 bits per heavy atom. The summed E-state index contributed by atoms with van der Waals surface area (Å²) in [5, 5.41) is 0.787. The van der Waals surface area contributed by atoms with E-state index in [1.54, 1.807) is 41.3 Å². The molecule has 0 fully saturated rings. The Hall–Kier alpha value is -3.16. The summed E-state index contributed by atoms with van der Waals surface area (Å²) in [4.78, 5) is 42.3. The average molecular weight is 455 g/mol. The zero-order valence-electron chi connectivity index (χ0n) is 18.3. The molecule has 0 bridgehead atoms. The number of likely N-dealkylation sites (N-methyl/N-ethyl adjacent to an activating group) is 1. The fourth-order valence-electron chi connectivity index (χ4n) is 3.95. The van der Waals surface area contributed by atoms with Crippen LogP contribution in [0.25, 0.3) is 11.0 Å². The van der Waals surface area contributed by atoms with Gasteiger partial charge in [-0.15, -0.1) is 0 Å². The van der Waals surface area contributed by atoms with E-state index < -0.39 is 12.0 Å². The number of carbonyl (C=O) groups is 2. The number of halogens is 1. The first-order valence-corrected chi connectivity index (χ1v) is 10.5. The number of fused-ring (bicyclic) bond motifs is 2. The Labute approximate surface area is 190 Å².